The lowest BCUT2D eigenvalue weighted by Crippen LogP contribution is -2.41. The number of esters is 1. The molecule has 1 fully saturated rings. The van der Waals surface area contributed by atoms with Crippen molar-refractivity contribution < 1.29 is 9.53 Å². The van der Waals surface area contributed by atoms with E-state index in [1.54, 1.807) is 0 Å². The summed E-state index contributed by atoms with van der Waals surface area (Å²) >= 11 is 0. The maximum absolute atomic E-state index is 12.3. The fraction of sp³-hybridized carbons (Fsp3) is 0.938. The van der Waals surface area contributed by atoms with E-state index >= 15 is 0 Å². The third kappa shape index (κ3) is 2.44. The number of ether oxygens (including phenoxy) is 1. The van der Waals surface area contributed by atoms with Crippen molar-refractivity contribution in [1.29, 1.82) is 0 Å². The van der Waals surface area contributed by atoms with E-state index in [9.17, 15) is 4.79 Å². The smallest absolute Gasteiger partial charge is 0.312 e. The second-order valence-electron chi connectivity index (χ2n) is 7.59. The molecule has 0 N–H and O–H groups in total. The van der Waals surface area contributed by atoms with Crippen LogP contribution in [-0.4, -0.2) is 11.6 Å². The van der Waals surface area contributed by atoms with Crippen molar-refractivity contribution in [2.75, 3.05) is 0 Å². The average Bonchev–Trinajstić information content (AvgIpc) is 2.40. The van der Waals surface area contributed by atoms with Gasteiger partial charge in [-0.05, 0) is 44.9 Å². The number of carbonyl (C=O) groups is 1. The lowest BCUT2D eigenvalue weighted by atomic mass is 9.75. The lowest BCUT2D eigenvalue weighted by molar-refractivity contribution is -0.173. The number of hydrogen-bond acceptors (Lipinski definition) is 2. The molecule has 2 heteroatoms. The van der Waals surface area contributed by atoms with Gasteiger partial charge in [0.15, 0.2) is 0 Å². The van der Waals surface area contributed by atoms with Gasteiger partial charge in [-0.1, -0.05) is 34.6 Å². The Balaban J connectivity index is 2.88. The van der Waals surface area contributed by atoms with Crippen LogP contribution in [-0.2, 0) is 9.53 Å². The van der Waals surface area contributed by atoms with Crippen LogP contribution >= 0.6 is 0 Å². The minimum Gasteiger partial charge on any atom is -0.459 e. The van der Waals surface area contributed by atoms with Crippen LogP contribution in [0.4, 0.5) is 0 Å². The van der Waals surface area contributed by atoms with E-state index in [1.165, 1.54) is 0 Å². The molecule has 0 aromatic carbocycles. The molecule has 0 aromatic rings. The molecule has 0 amide bonds. The molecule has 0 bridgehead atoms. The van der Waals surface area contributed by atoms with E-state index in [1.807, 2.05) is 20.8 Å². The minimum atomic E-state index is -0.376. The summed E-state index contributed by atoms with van der Waals surface area (Å²) in [6.07, 6.45) is 1.78. The number of hydrogen-bond donors (Lipinski definition) is 0. The molecule has 1 aliphatic rings. The summed E-state index contributed by atoms with van der Waals surface area (Å²) < 4.78 is 5.93. The first-order valence-electron chi connectivity index (χ1n) is 7.21. The predicted molar refractivity (Wildman–Crippen MR) is 75.3 cm³/mol. The molecule has 1 aliphatic carbocycles. The van der Waals surface area contributed by atoms with Gasteiger partial charge in [-0.2, -0.15) is 0 Å². The summed E-state index contributed by atoms with van der Waals surface area (Å²) in [7, 11) is 0. The number of rotatable bonds is 3. The zero-order chi connectivity index (χ0) is 14.4. The van der Waals surface area contributed by atoms with Crippen LogP contribution < -0.4 is 0 Å². The Hall–Kier alpha value is -0.530. The third-order valence-electron chi connectivity index (χ3n) is 5.78. The van der Waals surface area contributed by atoms with Crippen LogP contribution in [0.2, 0.25) is 0 Å². The fourth-order valence-corrected chi connectivity index (χ4v) is 2.89. The van der Waals surface area contributed by atoms with Crippen LogP contribution in [0.3, 0.4) is 0 Å². The first kappa shape index (κ1) is 15.5. The van der Waals surface area contributed by atoms with E-state index in [4.69, 9.17) is 4.74 Å². The van der Waals surface area contributed by atoms with Crippen LogP contribution in [0, 0.1) is 22.7 Å². The van der Waals surface area contributed by atoms with E-state index in [2.05, 4.69) is 34.6 Å². The van der Waals surface area contributed by atoms with Crippen molar-refractivity contribution in [1.82, 2.24) is 0 Å². The molecule has 3 unspecified atom stereocenters. The third-order valence-corrected chi connectivity index (χ3v) is 5.78. The Morgan fingerprint density at radius 3 is 2.11 bits per heavy atom. The summed E-state index contributed by atoms with van der Waals surface area (Å²) in [5, 5.41) is 0. The monoisotopic (exact) mass is 254 g/mol. The molecule has 0 aromatic heterocycles. The molecule has 0 heterocycles. The maximum Gasteiger partial charge on any atom is 0.312 e. The van der Waals surface area contributed by atoms with Crippen LogP contribution in [0.15, 0.2) is 0 Å². The molecular weight excluding hydrogens is 224 g/mol. The van der Waals surface area contributed by atoms with Crippen molar-refractivity contribution in [3.63, 3.8) is 0 Å². The predicted octanol–water partition coefficient (Wildman–Crippen LogP) is 4.43. The largest absolute Gasteiger partial charge is 0.459 e. The minimum absolute atomic E-state index is 0.0516. The van der Waals surface area contributed by atoms with E-state index in [0.29, 0.717) is 11.8 Å². The Morgan fingerprint density at radius 2 is 1.78 bits per heavy atom. The van der Waals surface area contributed by atoms with Crippen molar-refractivity contribution in [2.24, 2.45) is 22.7 Å². The Kier molecular flexibility index (Phi) is 3.92. The van der Waals surface area contributed by atoms with E-state index < -0.39 is 0 Å². The van der Waals surface area contributed by atoms with Crippen molar-refractivity contribution in [2.45, 2.75) is 73.8 Å². The van der Waals surface area contributed by atoms with E-state index in [0.717, 1.165) is 12.8 Å². The van der Waals surface area contributed by atoms with Gasteiger partial charge in [-0.3, -0.25) is 4.79 Å². The van der Waals surface area contributed by atoms with Crippen LogP contribution in [0.25, 0.3) is 0 Å². The van der Waals surface area contributed by atoms with Crippen molar-refractivity contribution in [3.05, 3.63) is 0 Å². The first-order chi connectivity index (χ1) is 7.97. The second kappa shape index (κ2) is 4.54. The van der Waals surface area contributed by atoms with Crippen molar-refractivity contribution in [3.8, 4) is 0 Å². The van der Waals surface area contributed by atoms with Crippen molar-refractivity contribution >= 4 is 5.97 Å². The quantitative estimate of drug-likeness (QED) is 0.697. The molecule has 18 heavy (non-hydrogen) atoms. The highest BCUT2D eigenvalue weighted by molar-refractivity contribution is 5.76. The highest BCUT2D eigenvalue weighted by atomic mass is 16.6. The zero-order valence-corrected chi connectivity index (χ0v) is 13.4. The summed E-state index contributed by atoms with van der Waals surface area (Å²) in [6.45, 7) is 17.1. The van der Waals surface area contributed by atoms with Gasteiger partial charge in [0.1, 0.15) is 5.60 Å². The molecule has 0 spiro atoms. The van der Waals surface area contributed by atoms with E-state index in [-0.39, 0.29) is 22.4 Å². The topological polar surface area (TPSA) is 26.3 Å². The summed E-state index contributed by atoms with van der Waals surface area (Å²) in [6, 6.07) is 0. The zero-order valence-electron chi connectivity index (χ0n) is 13.4. The van der Waals surface area contributed by atoms with Gasteiger partial charge in [0.25, 0.3) is 0 Å². The molecule has 1 saturated carbocycles. The lowest BCUT2D eigenvalue weighted by Gasteiger charge is -2.37. The average molecular weight is 254 g/mol. The molecule has 0 aliphatic heterocycles. The second-order valence-corrected chi connectivity index (χ2v) is 7.59. The molecule has 3 atom stereocenters. The molecule has 2 nitrogen and oxygen atoms in total. The Bertz CT molecular complexity index is 330. The molecule has 0 saturated heterocycles. The summed E-state index contributed by atoms with van der Waals surface area (Å²) in [5.74, 6) is 0.913. The Morgan fingerprint density at radius 1 is 1.28 bits per heavy atom. The number of carbonyl (C=O) groups excluding carboxylic acids is 1. The highest BCUT2D eigenvalue weighted by Crippen LogP contribution is 2.54. The SMILES string of the molecule is CCC(C)(C)C(=O)OC1(C)CC(C)C(C)(C)C1C. The van der Waals surface area contributed by atoms with Crippen LogP contribution in [0.1, 0.15) is 68.2 Å². The van der Waals surface area contributed by atoms with Gasteiger partial charge in [-0.15, -0.1) is 0 Å². The van der Waals surface area contributed by atoms with Gasteiger partial charge >= 0.3 is 5.97 Å². The summed E-state index contributed by atoms with van der Waals surface area (Å²) in [4.78, 5) is 12.3. The van der Waals surface area contributed by atoms with Gasteiger partial charge < -0.3 is 4.74 Å². The Labute approximate surface area is 112 Å². The van der Waals surface area contributed by atoms with Gasteiger partial charge in [0, 0.05) is 5.92 Å². The van der Waals surface area contributed by atoms with Gasteiger partial charge in [0.05, 0.1) is 5.41 Å². The summed E-state index contributed by atoms with van der Waals surface area (Å²) in [5.41, 5.74) is -0.462. The molecule has 0 radical (unpaired) electrons. The molecular formula is C16H30O2. The highest BCUT2D eigenvalue weighted by Gasteiger charge is 2.54. The molecule has 106 valence electrons. The standard InChI is InChI=1S/C16H30O2/c1-9-14(4,5)13(17)18-16(8)10-11(2)15(6,7)12(16)3/h11-12H,9-10H2,1-8H3. The van der Waals surface area contributed by atoms with Gasteiger partial charge in [-0.25, -0.2) is 0 Å². The van der Waals surface area contributed by atoms with Crippen LogP contribution in [0.5, 0.6) is 0 Å². The van der Waals surface area contributed by atoms with Gasteiger partial charge in [0.2, 0.25) is 0 Å². The maximum atomic E-state index is 12.3. The molecule has 1 rings (SSSR count). The first-order valence-corrected chi connectivity index (χ1v) is 7.21. The normalized spacial score (nSPS) is 35.6. The fourth-order valence-electron chi connectivity index (χ4n) is 2.89.